The molecule has 0 saturated carbocycles. The molecule has 0 heterocycles. The summed E-state index contributed by atoms with van der Waals surface area (Å²) in [6.45, 7) is 3.81. The highest BCUT2D eigenvalue weighted by molar-refractivity contribution is 5.92. The zero-order chi connectivity index (χ0) is 12.8. The molecule has 6 nitrogen and oxygen atoms in total. The summed E-state index contributed by atoms with van der Waals surface area (Å²) in [6, 6.07) is 4.54. The lowest BCUT2D eigenvalue weighted by Gasteiger charge is -2.06. The van der Waals surface area contributed by atoms with Crippen molar-refractivity contribution in [2.24, 2.45) is 0 Å². The Morgan fingerprint density at radius 2 is 2.24 bits per heavy atom. The normalized spacial score (nSPS) is 10.0. The van der Waals surface area contributed by atoms with Crippen molar-refractivity contribution in [3.63, 3.8) is 0 Å². The predicted molar refractivity (Wildman–Crippen MR) is 63.0 cm³/mol. The highest BCUT2D eigenvalue weighted by atomic mass is 16.6. The van der Waals surface area contributed by atoms with Gasteiger partial charge < -0.3 is 10.1 Å². The molecule has 0 saturated heterocycles. The monoisotopic (exact) mass is 238 g/mol. The lowest BCUT2D eigenvalue weighted by Crippen LogP contribution is -2.18. The Morgan fingerprint density at radius 3 is 2.82 bits per heavy atom. The van der Waals surface area contributed by atoms with Crippen LogP contribution >= 0.6 is 0 Å². The average Bonchev–Trinajstić information content (AvgIpc) is 2.28. The van der Waals surface area contributed by atoms with Gasteiger partial charge in [0.05, 0.1) is 4.92 Å². The predicted octanol–water partition coefficient (Wildman–Crippen LogP) is 1.88. The van der Waals surface area contributed by atoms with Crippen molar-refractivity contribution in [2.45, 2.75) is 13.8 Å². The van der Waals surface area contributed by atoms with E-state index in [9.17, 15) is 14.9 Å². The van der Waals surface area contributed by atoms with Crippen molar-refractivity contribution < 1.29 is 14.5 Å². The molecular formula is C11H14N2O4. The number of ether oxygens (including phenoxy) is 1. The number of carbonyl (C=O) groups is 1. The minimum absolute atomic E-state index is 0.0146. The van der Waals surface area contributed by atoms with Gasteiger partial charge in [-0.2, -0.15) is 0 Å². The maximum absolute atomic E-state index is 11.3. The van der Waals surface area contributed by atoms with Gasteiger partial charge in [0.25, 0.3) is 5.69 Å². The standard InChI is InChI=1S/C11H14N2O4/c1-3-17-7-11(14)12-9-5-4-8(2)10(6-9)13(15)16/h4-6H,3,7H2,1-2H3,(H,12,14). The van der Waals surface area contributed by atoms with Crippen molar-refractivity contribution in [1.82, 2.24) is 0 Å². The zero-order valence-corrected chi connectivity index (χ0v) is 9.73. The van der Waals surface area contributed by atoms with Gasteiger partial charge in [0.15, 0.2) is 0 Å². The van der Waals surface area contributed by atoms with Crippen molar-refractivity contribution in [1.29, 1.82) is 0 Å². The number of aryl methyl sites for hydroxylation is 1. The third-order valence-corrected chi connectivity index (χ3v) is 2.13. The molecule has 0 aliphatic heterocycles. The van der Waals surface area contributed by atoms with Crippen molar-refractivity contribution in [2.75, 3.05) is 18.5 Å². The number of hydrogen-bond donors (Lipinski definition) is 1. The summed E-state index contributed by atoms with van der Waals surface area (Å²) in [4.78, 5) is 21.6. The lowest BCUT2D eigenvalue weighted by molar-refractivity contribution is -0.385. The molecule has 0 aliphatic carbocycles. The van der Waals surface area contributed by atoms with Crippen LogP contribution in [0, 0.1) is 17.0 Å². The topological polar surface area (TPSA) is 81.5 Å². The summed E-state index contributed by atoms with van der Waals surface area (Å²) in [5, 5.41) is 13.2. The van der Waals surface area contributed by atoms with Crippen LogP contribution in [0.4, 0.5) is 11.4 Å². The van der Waals surface area contributed by atoms with E-state index < -0.39 is 4.92 Å². The summed E-state index contributed by atoms with van der Waals surface area (Å²) in [7, 11) is 0. The number of benzene rings is 1. The molecule has 0 fully saturated rings. The van der Waals surface area contributed by atoms with Gasteiger partial charge in [-0.15, -0.1) is 0 Å². The molecule has 17 heavy (non-hydrogen) atoms. The first-order valence-electron chi connectivity index (χ1n) is 5.17. The van der Waals surface area contributed by atoms with E-state index in [-0.39, 0.29) is 18.2 Å². The molecule has 92 valence electrons. The van der Waals surface area contributed by atoms with Crippen molar-refractivity contribution in [3.05, 3.63) is 33.9 Å². The number of nitrogens with zero attached hydrogens (tertiary/aromatic N) is 1. The maximum Gasteiger partial charge on any atom is 0.274 e. The molecule has 0 radical (unpaired) electrons. The van der Waals surface area contributed by atoms with Crippen LogP contribution in [-0.4, -0.2) is 24.0 Å². The third kappa shape index (κ3) is 3.84. The van der Waals surface area contributed by atoms with Gasteiger partial charge in [0, 0.05) is 23.9 Å². The van der Waals surface area contributed by atoms with E-state index >= 15 is 0 Å². The number of nitro groups is 1. The Hall–Kier alpha value is -1.95. The summed E-state index contributed by atoms with van der Waals surface area (Å²) in [6.07, 6.45) is 0. The summed E-state index contributed by atoms with van der Waals surface area (Å²) in [5.74, 6) is -0.329. The minimum Gasteiger partial charge on any atom is -0.372 e. The fourth-order valence-electron chi connectivity index (χ4n) is 1.28. The lowest BCUT2D eigenvalue weighted by atomic mass is 10.2. The number of amides is 1. The van der Waals surface area contributed by atoms with Gasteiger partial charge in [0.2, 0.25) is 5.91 Å². The third-order valence-electron chi connectivity index (χ3n) is 2.13. The van der Waals surface area contributed by atoms with Crippen LogP contribution in [0.15, 0.2) is 18.2 Å². The average molecular weight is 238 g/mol. The SMILES string of the molecule is CCOCC(=O)Nc1ccc(C)c([N+](=O)[O-])c1. The first-order valence-corrected chi connectivity index (χ1v) is 5.17. The van der Waals surface area contributed by atoms with Crippen LogP contribution in [-0.2, 0) is 9.53 Å². The van der Waals surface area contributed by atoms with Gasteiger partial charge in [-0.05, 0) is 19.9 Å². The van der Waals surface area contributed by atoms with E-state index in [1.54, 1.807) is 26.0 Å². The van der Waals surface area contributed by atoms with Crippen LogP contribution in [0.5, 0.6) is 0 Å². The van der Waals surface area contributed by atoms with Crippen LogP contribution in [0.1, 0.15) is 12.5 Å². The molecule has 0 aromatic heterocycles. The fourth-order valence-corrected chi connectivity index (χ4v) is 1.28. The second kappa shape index (κ2) is 5.95. The summed E-state index contributed by atoms with van der Waals surface area (Å²) >= 11 is 0. The molecule has 0 atom stereocenters. The van der Waals surface area contributed by atoms with Crippen molar-refractivity contribution >= 4 is 17.3 Å². The highest BCUT2D eigenvalue weighted by Gasteiger charge is 2.12. The Kier molecular flexibility index (Phi) is 4.59. The molecule has 0 aliphatic rings. The Balaban J connectivity index is 2.75. The molecule has 1 aromatic rings. The largest absolute Gasteiger partial charge is 0.372 e. The second-order valence-corrected chi connectivity index (χ2v) is 3.44. The quantitative estimate of drug-likeness (QED) is 0.627. The van der Waals surface area contributed by atoms with Crippen LogP contribution in [0.25, 0.3) is 0 Å². The second-order valence-electron chi connectivity index (χ2n) is 3.44. The van der Waals surface area contributed by atoms with E-state index in [4.69, 9.17) is 4.74 Å². The molecule has 0 bridgehead atoms. The number of carbonyl (C=O) groups excluding carboxylic acids is 1. The highest BCUT2D eigenvalue weighted by Crippen LogP contribution is 2.22. The number of nitrogens with one attached hydrogen (secondary N) is 1. The van der Waals surface area contributed by atoms with Crippen LogP contribution in [0.2, 0.25) is 0 Å². The number of nitro benzene ring substituents is 1. The van der Waals surface area contributed by atoms with E-state index in [1.165, 1.54) is 6.07 Å². The Bertz CT molecular complexity index is 431. The van der Waals surface area contributed by atoms with Gasteiger partial charge in [-0.3, -0.25) is 14.9 Å². The zero-order valence-electron chi connectivity index (χ0n) is 9.73. The van der Waals surface area contributed by atoms with E-state index in [0.717, 1.165) is 0 Å². The first kappa shape index (κ1) is 13.1. The minimum atomic E-state index is -0.479. The summed E-state index contributed by atoms with van der Waals surface area (Å²) < 4.78 is 4.92. The van der Waals surface area contributed by atoms with Crippen molar-refractivity contribution in [3.8, 4) is 0 Å². The smallest absolute Gasteiger partial charge is 0.274 e. The van der Waals surface area contributed by atoms with Crippen LogP contribution < -0.4 is 5.32 Å². The van der Waals surface area contributed by atoms with E-state index in [1.807, 2.05) is 0 Å². The van der Waals surface area contributed by atoms with Crippen LogP contribution in [0.3, 0.4) is 0 Å². The van der Waals surface area contributed by atoms with E-state index in [0.29, 0.717) is 17.9 Å². The summed E-state index contributed by atoms with van der Waals surface area (Å²) in [5.41, 5.74) is 0.934. The van der Waals surface area contributed by atoms with Gasteiger partial charge >= 0.3 is 0 Å². The number of rotatable bonds is 5. The number of anilines is 1. The molecule has 6 heteroatoms. The van der Waals surface area contributed by atoms with Gasteiger partial charge in [0.1, 0.15) is 6.61 Å². The maximum atomic E-state index is 11.3. The molecule has 0 spiro atoms. The molecule has 1 N–H and O–H groups in total. The molecule has 1 rings (SSSR count). The fraction of sp³-hybridized carbons (Fsp3) is 0.364. The molecule has 1 aromatic carbocycles. The molecule has 0 unspecified atom stereocenters. The molecule has 1 amide bonds. The van der Waals surface area contributed by atoms with E-state index in [2.05, 4.69) is 5.32 Å². The van der Waals surface area contributed by atoms with Gasteiger partial charge in [-0.25, -0.2) is 0 Å². The first-order chi connectivity index (χ1) is 8.04. The Labute approximate surface area is 98.7 Å². The Morgan fingerprint density at radius 1 is 1.53 bits per heavy atom. The number of hydrogen-bond acceptors (Lipinski definition) is 4. The molecular weight excluding hydrogens is 224 g/mol. The van der Waals surface area contributed by atoms with Gasteiger partial charge in [-0.1, -0.05) is 6.07 Å².